The van der Waals surface area contributed by atoms with Gasteiger partial charge >= 0.3 is 11.9 Å². The van der Waals surface area contributed by atoms with E-state index in [4.69, 9.17) is 24.1 Å². The van der Waals surface area contributed by atoms with Gasteiger partial charge in [-0.05, 0) is 37.8 Å². The van der Waals surface area contributed by atoms with Gasteiger partial charge in [-0.2, -0.15) is 0 Å². The predicted octanol–water partition coefficient (Wildman–Crippen LogP) is 4.70. The molecule has 0 aliphatic carbocycles. The summed E-state index contributed by atoms with van der Waals surface area (Å²) >= 11 is 2.94. The maximum Gasteiger partial charge on any atom is 0.332 e. The zero-order valence-electron chi connectivity index (χ0n) is 21.9. The predicted molar refractivity (Wildman–Crippen MR) is 146 cm³/mol. The summed E-state index contributed by atoms with van der Waals surface area (Å²) < 4.78 is 25.2. The Morgan fingerprint density at radius 1 is 0.703 bits per heavy atom. The van der Waals surface area contributed by atoms with E-state index in [0.29, 0.717) is 58.0 Å². The largest absolute Gasteiger partial charge is 0.465 e. The van der Waals surface area contributed by atoms with Crippen molar-refractivity contribution in [2.75, 3.05) is 51.6 Å². The van der Waals surface area contributed by atoms with Crippen LogP contribution in [0, 0.1) is 0 Å². The Morgan fingerprint density at radius 2 is 1.16 bits per heavy atom. The van der Waals surface area contributed by atoms with Gasteiger partial charge in [-0.1, -0.05) is 76.6 Å². The number of rotatable bonds is 16. The standard InChI is InChI=1S/C14H20O4.C10H14O2.C4H7BrO2/c1-2-18-14(15)12-17-10-6-9-16-11-13-7-4-3-5-8-13;11-7-4-8-12-9-10-5-2-1-3-6-10;1-2-7-4(6)3-5/h3-5,7-8H,2,6,9-12H2,1H3;1-3,5-6,11H,4,7-9H2;2-3H2,1H3. The van der Waals surface area contributed by atoms with E-state index in [9.17, 15) is 9.59 Å². The fourth-order valence-corrected chi connectivity index (χ4v) is 2.68. The van der Waals surface area contributed by atoms with Crippen molar-refractivity contribution in [2.45, 2.75) is 39.9 Å². The Bertz CT molecular complexity index is 774. The molecule has 0 bridgehead atoms. The first-order chi connectivity index (χ1) is 18.1. The lowest BCUT2D eigenvalue weighted by molar-refractivity contribution is -0.148. The van der Waals surface area contributed by atoms with Crippen LogP contribution >= 0.6 is 15.9 Å². The number of benzene rings is 2. The Morgan fingerprint density at radius 3 is 1.59 bits per heavy atom. The van der Waals surface area contributed by atoms with Crippen molar-refractivity contribution < 1.29 is 38.4 Å². The van der Waals surface area contributed by atoms with E-state index in [1.165, 1.54) is 5.56 Å². The molecule has 8 nitrogen and oxygen atoms in total. The fourth-order valence-electron chi connectivity index (χ4n) is 2.52. The third-order valence-electron chi connectivity index (χ3n) is 4.19. The summed E-state index contributed by atoms with van der Waals surface area (Å²) in [6.07, 6.45) is 1.49. The van der Waals surface area contributed by atoms with Crippen molar-refractivity contribution >= 4 is 27.9 Å². The molecule has 9 heteroatoms. The molecule has 208 valence electrons. The summed E-state index contributed by atoms with van der Waals surface area (Å²) in [5, 5.41) is 8.78. The molecule has 0 amide bonds. The molecule has 0 saturated heterocycles. The van der Waals surface area contributed by atoms with E-state index in [2.05, 4.69) is 20.7 Å². The van der Waals surface area contributed by atoms with Gasteiger partial charge in [0.1, 0.15) is 11.9 Å². The van der Waals surface area contributed by atoms with Crippen LogP contribution in [0.3, 0.4) is 0 Å². The number of alkyl halides is 1. The number of esters is 2. The molecule has 0 aliphatic rings. The Kier molecular flexibility index (Phi) is 25.1. The Labute approximate surface area is 229 Å². The van der Waals surface area contributed by atoms with E-state index in [1.54, 1.807) is 13.8 Å². The highest BCUT2D eigenvalue weighted by atomic mass is 79.9. The minimum atomic E-state index is -0.317. The third-order valence-corrected chi connectivity index (χ3v) is 4.64. The Hall–Kier alpha value is -2.30. The lowest BCUT2D eigenvalue weighted by Gasteiger charge is -2.05. The molecule has 0 saturated carbocycles. The number of carbonyl (C=O) groups is 2. The molecule has 0 aliphatic heterocycles. The van der Waals surface area contributed by atoms with Gasteiger partial charge in [-0.3, -0.25) is 4.79 Å². The van der Waals surface area contributed by atoms with Crippen LogP contribution in [-0.4, -0.2) is 68.6 Å². The third kappa shape index (κ3) is 23.8. The number of aliphatic hydroxyl groups excluding tert-OH is 1. The van der Waals surface area contributed by atoms with Crippen LogP contribution in [0.15, 0.2) is 60.7 Å². The normalized spacial score (nSPS) is 9.84. The van der Waals surface area contributed by atoms with Crippen LogP contribution in [0.4, 0.5) is 0 Å². The quantitative estimate of drug-likeness (QED) is 0.172. The summed E-state index contributed by atoms with van der Waals surface area (Å²) in [5.74, 6) is -0.523. The SMILES string of the molecule is CCOC(=O)CBr.CCOC(=O)COCCCOCc1ccccc1.OCCCOCc1ccccc1. The summed E-state index contributed by atoms with van der Waals surface area (Å²) in [6, 6.07) is 20.0. The van der Waals surface area contributed by atoms with E-state index in [0.717, 1.165) is 12.0 Å². The van der Waals surface area contributed by atoms with Crippen molar-refractivity contribution in [3.63, 3.8) is 0 Å². The molecule has 0 fully saturated rings. The number of hydrogen-bond acceptors (Lipinski definition) is 8. The van der Waals surface area contributed by atoms with Crippen LogP contribution < -0.4 is 0 Å². The Balaban J connectivity index is 0.000000586. The molecule has 0 heterocycles. The van der Waals surface area contributed by atoms with E-state index < -0.39 is 0 Å². The monoisotopic (exact) mass is 584 g/mol. The average molecular weight is 586 g/mol. The first kappa shape index (κ1) is 34.7. The van der Waals surface area contributed by atoms with Gasteiger partial charge in [0.2, 0.25) is 0 Å². The summed E-state index contributed by atoms with van der Waals surface area (Å²) in [6.45, 7) is 7.64. The zero-order valence-corrected chi connectivity index (χ0v) is 23.5. The zero-order chi connectivity index (χ0) is 27.4. The first-order valence-corrected chi connectivity index (χ1v) is 13.5. The molecule has 0 radical (unpaired) electrons. The van der Waals surface area contributed by atoms with E-state index in [1.807, 2.05) is 60.7 Å². The lowest BCUT2D eigenvalue weighted by Crippen LogP contribution is -2.13. The van der Waals surface area contributed by atoms with Crippen LogP contribution in [0.2, 0.25) is 0 Å². The van der Waals surface area contributed by atoms with Crippen molar-refractivity contribution in [2.24, 2.45) is 0 Å². The molecule has 0 atom stereocenters. The molecule has 0 aromatic heterocycles. The number of hydrogen-bond donors (Lipinski definition) is 1. The molecule has 2 rings (SSSR count). The van der Waals surface area contributed by atoms with Gasteiger partial charge in [-0.25, -0.2) is 4.79 Å². The van der Waals surface area contributed by atoms with Gasteiger partial charge in [0.25, 0.3) is 0 Å². The minimum Gasteiger partial charge on any atom is -0.465 e. The number of aliphatic hydroxyl groups is 1. The first-order valence-electron chi connectivity index (χ1n) is 12.4. The van der Waals surface area contributed by atoms with Gasteiger partial charge < -0.3 is 28.8 Å². The topological polar surface area (TPSA) is 101 Å². The van der Waals surface area contributed by atoms with Crippen molar-refractivity contribution in [1.29, 1.82) is 0 Å². The second-order valence-corrected chi connectivity index (χ2v) is 7.86. The van der Waals surface area contributed by atoms with Crippen LogP contribution in [0.25, 0.3) is 0 Å². The minimum absolute atomic E-state index is 0.0204. The average Bonchev–Trinajstić information content (AvgIpc) is 2.93. The second kappa shape index (κ2) is 26.8. The smallest absolute Gasteiger partial charge is 0.332 e. The maximum atomic E-state index is 10.9. The maximum absolute atomic E-state index is 10.9. The van der Waals surface area contributed by atoms with Crippen molar-refractivity contribution in [3.8, 4) is 0 Å². The highest BCUT2D eigenvalue weighted by Crippen LogP contribution is 2.01. The molecule has 2 aromatic carbocycles. The number of halogens is 1. The fraction of sp³-hybridized carbons (Fsp3) is 0.500. The molecule has 1 N–H and O–H groups in total. The summed E-state index contributed by atoms with van der Waals surface area (Å²) in [5.41, 5.74) is 2.33. The molecule has 2 aromatic rings. The van der Waals surface area contributed by atoms with Crippen LogP contribution in [0.5, 0.6) is 0 Å². The molecule has 0 unspecified atom stereocenters. The van der Waals surface area contributed by atoms with Gasteiger partial charge in [-0.15, -0.1) is 0 Å². The van der Waals surface area contributed by atoms with E-state index >= 15 is 0 Å². The molecular formula is C28H41BrO8. The number of carbonyl (C=O) groups excluding carboxylic acids is 2. The lowest BCUT2D eigenvalue weighted by atomic mass is 10.2. The van der Waals surface area contributed by atoms with E-state index in [-0.39, 0.29) is 25.2 Å². The van der Waals surface area contributed by atoms with Crippen molar-refractivity contribution in [1.82, 2.24) is 0 Å². The molecule has 37 heavy (non-hydrogen) atoms. The summed E-state index contributed by atoms with van der Waals surface area (Å²) in [4.78, 5) is 21.1. The van der Waals surface area contributed by atoms with Crippen molar-refractivity contribution in [3.05, 3.63) is 71.8 Å². The van der Waals surface area contributed by atoms with Gasteiger partial charge in [0.15, 0.2) is 0 Å². The molecular weight excluding hydrogens is 544 g/mol. The highest BCUT2D eigenvalue weighted by Gasteiger charge is 2.00. The summed E-state index contributed by atoms with van der Waals surface area (Å²) in [7, 11) is 0. The van der Waals surface area contributed by atoms with Gasteiger partial charge in [0, 0.05) is 26.4 Å². The molecule has 0 spiro atoms. The second-order valence-electron chi connectivity index (χ2n) is 7.30. The van der Waals surface area contributed by atoms with Crippen LogP contribution in [0.1, 0.15) is 37.8 Å². The van der Waals surface area contributed by atoms with Gasteiger partial charge in [0.05, 0.1) is 26.4 Å². The number of ether oxygens (including phenoxy) is 5. The highest BCUT2D eigenvalue weighted by molar-refractivity contribution is 9.09. The van der Waals surface area contributed by atoms with Crippen LogP contribution in [-0.2, 0) is 46.5 Å².